The quantitative estimate of drug-likeness (QED) is 0.883. The van der Waals surface area contributed by atoms with E-state index in [1.54, 1.807) is 13.0 Å². The number of anilines is 1. The average Bonchev–Trinajstić information content (AvgIpc) is 2.49. The third-order valence-electron chi connectivity index (χ3n) is 2.81. The van der Waals surface area contributed by atoms with E-state index in [0.717, 1.165) is 17.7 Å². The second-order valence-electron chi connectivity index (χ2n) is 4.61. The van der Waals surface area contributed by atoms with E-state index in [-0.39, 0.29) is 11.3 Å². The van der Waals surface area contributed by atoms with Crippen molar-refractivity contribution in [3.8, 4) is 0 Å². The summed E-state index contributed by atoms with van der Waals surface area (Å²) < 4.78 is 31.0. The Balaban J connectivity index is 1.91. The summed E-state index contributed by atoms with van der Waals surface area (Å²) in [5, 5.41) is 2.32. The van der Waals surface area contributed by atoms with E-state index in [1.807, 2.05) is 0 Å². The zero-order valence-electron chi connectivity index (χ0n) is 11.7. The van der Waals surface area contributed by atoms with Gasteiger partial charge in [0, 0.05) is 0 Å². The van der Waals surface area contributed by atoms with Gasteiger partial charge in [0.25, 0.3) is 5.91 Å². The van der Waals surface area contributed by atoms with E-state index in [4.69, 9.17) is 4.74 Å². The lowest BCUT2D eigenvalue weighted by Gasteiger charge is -2.08. The molecule has 0 unspecified atom stereocenters. The molecule has 0 aliphatic heterocycles. The number of ether oxygens (including phenoxy) is 1. The van der Waals surface area contributed by atoms with Gasteiger partial charge < -0.3 is 10.1 Å². The first-order chi connectivity index (χ1) is 10.5. The van der Waals surface area contributed by atoms with Crippen molar-refractivity contribution in [2.24, 2.45) is 0 Å². The highest BCUT2D eigenvalue weighted by Gasteiger charge is 2.12. The lowest BCUT2D eigenvalue weighted by molar-refractivity contribution is -0.119. The van der Waals surface area contributed by atoms with E-state index in [0.29, 0.717) is 0 Å². The molecule has 0 radical (unpaired) electrons. The molecule has 0 fully saturated rings. The summed E-state index contributed by atoms with van der Waals surface area (Å²) in [6.07, 6.45) is 0. The number of nitrogens with one attached hydrogen (secondary N) is 1. The van der Waals surface area contributed by atoms with Crippen LogP contribution in [0.15, 0.2) is 42.5 Å². The van der Waals surface area contributed by atoms with Crippen LogP contribution in [0.25, 0.3) is 0 Å². The molecule has 0 heterocycles. The molecule has 0 aromatic heterocycles. The van der Waals surface area contributed by atoms with Gasteiger partial charge in [0.15, 0.2) is 6.61 Å². The molecule has 6 heteroatoms. The number of hydrogen-bond donors (Lipinski definition) is 1. The van der Waals surface area contributed by atoms with Crippen LogP contribution in [0.3, 0.4) is 0 Å². The third kappa shape index (κ3) is 4.12. The number of hydrogen-bond acceptors (Lipinski definition) is 3. The van der Waals surface area contributed by atoms with Crippen LogP contribution in [0.5, 0.6) is 0 Å². The fourth-order valence-electron chi connectivity index (χ4n) is 1.72. The van der Waals surface area contributed by atoms with Crippen LogP contribution in [-0.2, 0) is 9.53 Å². The van der Waals surface area contributed by atoms with Crippen molar-refractivity contribution in [3.63, 3.8) is 0 Å². The molecule has 0 bridgehead atoms. The Labute approximate surface area is 125 Å². The zero-order valence-corrected chi connectivity index (χ0v) is 11.7. The van der Waals surface area contributed by atoms with Gasteiger partial charge in [-0.2, -0.15) is 0 Å². The summed E-state index contributed by atoms with van der Waals surface area (Å²) in [6, 6.07) is 8.98. The maximum Gasteiger partial charge on any atom is 0.338 e. The molecular weight excluding hydrogens is 292 g/mol. The van der Waals surface area contributed by atoms with Crippen LogP contribution in [0.1, 0.15) is 15.9 Å². The molecule has 4 nitrogen and oxygen atoms in total. The Kier molecular flexibility index (Phi) is 4.83. The Hall–Kier alpha value is -2.76. The Morgan fingerprint density at radius 2 is 1.77 bits per heavy atom. The lowest BCUT2D eigenvalue weighted by Crippen LogP contribution is -2.21. The predicted molar refractivity (Wildman–Crippen MR) is 76.4 cm³/mol. The predicted octanol–water partition coefficient (Wildman–Crippen LogP) is 3.07. The van der Waals surface area contributed by atoms with Crippen molar-refractivity contribution in [3.05, 3.63) is 65.2 Å². The van der Waals surface area contributed by atoms with E-state index in [9.17, 15) is 18.4 Å². The summed E-state index contributed by atoms with van der Waals surface area (Å²) in [6.45, 7) is 1.19. The molecule has 0 spiro atoms. The van der Waals surface area contributed by atoms with Gasteiger partial charge in [0.2, 0.25) is 0 Å². The Morgan fingerprint density at radius 1 is 1.09 bits per heavy atom. The molecule has 0 saturated heterocycles. The van der Waals surface area contributed by atoms with E-state index in [1.165, 1.54) is 24.3 Å². The van der Waals surface area contributed by atoms with Gasteiger partial charge >= 0.3 is 5.97 Å². The normalized spacial score (nSPS) is 10.1. The first-order valence-corrected chi connectivity index (χ1v) is 6.44. The number of carbonyl (C=O) groups is 2. The maximum absolute atomic E-state index is 13.5. The van der Waals surface area contributed by atoms with Crippen LogP contribution in [0, 0.1) is 18.6 Å². The minimum atomic E-state index is -0.764. The van der Waals surface area contributed by atoms with Crippen molar-refractivity contribution < 1.29 is 23.1 Å². The molecule has 22 heavy (non-hydrogen) atoms. The first-order valence-electron chi connectivity index (χ1n) is 6.44. The van der Waals surface area contributed by atoms with Crippen molar-refractivity contribution in [1.29, 1.82) is 0 Å². The van der Waals surface area contributed by atoms with Crippen molar-refractivity contribution in [2.75, 3.05) is 11.9 Å². The summed E-state index contributed by atoms with van der Waals surface area (Å²) in [7, 11) is 0. The third-order valence-corrected chi connectivity index (χ3v) is 2.81. The molecule has 0 atom stereocenters. The van der Waals surface area contributed by atoms with Crippen molar-refractivity contribution in [2.45, 2.75) is 6.92 Å². The smallest absolute Gasteiger partial charge is 0.338 e. The fourth-order valence-corrected chi connectivity index (χ4v) is 1.72. The maximum atomic E-state index is 13.5. The van der Waals surface area contributed by atoms with Crippen LogP contribution < -0.4 is 5.32 Å². The van der Waals surface area contributed by atoms with E-state index >= 15 is 0 Å². The molecule has 2 aromatic carbocycles. The molecule has 2 rings (SSSR count). The largest absolute Gasteiger partial charge is 0.452 e. The highest BCUT2D eigenvalue weighted by molar-refractivity contribution is 5.95. The summed E-state index contributed by atoms with van der Waals surface area (Å²) in [5.74, 6) is -2.49. The number of halogens is 2. The van der Waals surface area contributed by atoms with E-state index < -0.39 is 30.1 Å². The number of benzene rings is 2. The van der Waals surface area contributed by atoms with Gasteiger partial charge in [-0.05, 0) is 48.9 Å². The monoisotopic (exact) mass is 305 g/mol. The first kappa shape index (κ1) is 15.6. The fraction of sp³-hybridized carbons (Fsp3) is 0.125. The minimum absolute atomic E-state index is 0.0165. The molecule has 1 amide bonds. The number of amides is 1. The highest BCUT2D eigenvalue weighted by Crippen LogP contribution is 2.15. The Bertz CT molecular complexity index is 699. The molecule has 2 aromatic rings. The molecule has 0 aliphatic rings. The lowest BCUT2D eigenvalue weighted by atomic mass is 10.2. The molecular formula is C16H13F2NO3. The molecule has 1 N–H and O–H groups in total. The van der Waals surface area contributed by atoms with Gasteiger partial charge in [-0.1, -0.05) is 6.07 Å². The topological polar surface area (TPSA) is 55.4 Å². The number of rotatable bonds is 4. The standard InChI is InChI=1S/C16H13F2NO3/c1-10-2-7-13(18)14(8-10)19-15(20)9-22-16(21)11-3-5-12(17)6-4-11/h2-8H,9H2,1H3,(H,19,20). The zero-order chi connectivity index (χ0) is 16.1. The average molecular weight is 305 g/mol. The van der Waals surface area contributed by atoms with Crippen LogP contribution in [0.2, 0.25) is 0 Å². The van der Waals surface area contributed by atoms with Crippen LogP contribution >= 0.6 is 0 Å². The second-order valence-corrected chi connectivity index (χ2v) is 4.61. The van der Waals surface area contributed by atoms with Crippen molar-refractivity contribution in [1.82, 2.24) is 0 Å². The summed E-state index contributed by atoms with van der Waals surface area (Å²) in [4.78, 5) is 23.3. The summed E-state index contributed by atoms with van der Waals surface area (Å²) >= 11 is 0. The number of aryl methyl sites for hydroxylation is 1. The molecule has 0 saturated carbocycles. The van der Waals surface area contributed by atoms with Gasteiger partial charge in [-0.15, -0.1) is 0 Å². The van der Waals surface area contributed by atoms with Gasteiger partial charge in [-0.3, -0.25) is 4.79 Å². The van der Waals surface area contributed by atoms with Crippen LogP contribution in [0.4, 0.5) is 14.5 Å². The van der Waals surface area contributed by atoms with Gasteiger partial charge in [-0.25, -0.2) is 13.6 Å². The second kappa shape index (κ2) is 6.80. The summed E-state index contributed by atoms with van der Waals surface area (Å²) in [5.41, 5.74) is 0.916. The van der Waals surface area contributed by atoms with Crippen molar-refractivity contribution >= 4 is 17.6 Å². The SMILES string of the molecule is Cc1ccc(F)c(NC(=O)COC(=O)c2ccc(F)cc2)c1. The number of esters is 1. The number of carbonyl (C=O) groups excluding carboxylic acids is 2. The molecule has 0 aliphatic carbocycles. The van der Waals surface area contributed by atoms with E-state index in [2.05, 4.69) is 5.32 Å². The minimum Gasteiger partial charge on any atom is -0.452 e. The van der Waals surface area contributed by atoms with Crippen LogP contribution in [-0.4, -0.2) is 18.5 Å². The molecule has 114 valence electrons. The van der Waals surface area contributed by atoms with Gasteiger partial charge in [0.1, 0.15) is 11.6 Å². The van der Waals surface area contributed by atoms with Gasteiger partial charge in [0.05, 0.1) is 11.3 Å². The highest BCUT2D eigenvalue weighted by atomic mass is 19.1. The Morgan fingerprint density at radius 3 is 2.45 bits per heavy atom.